The molecule has 0 atom stereocenters. The first kappa shape index (κ1) is 11.4. The zero-order valence-electron chi connectivity index (χ0n) is 9.20. The van der Waals surface area contributed by atoms with Crippen molar-refractivity contribution in [3.05, 3.63) is 15.8 Å². The Morgan fingerprint density at radius 2 is 2.06 bits per heavy atom. The lowest BCUT2D eigenvalue weighted by Gasteiger charge is -2.20. The molecule has 2 N–H and O–H groups in total. The van der Waals surface area contributed by atoms with Crippen molar-refractivity contribution in [2.75, 3.05) is 18.0 Å². The molecule has 0 radical (unpaired) electrons. The molecule has 0 saturated carbocycles. The third kappa shape index (κ3) is 1.81. The summed E-state index contributed by atoms with van der Waals surface area (Å²) < 4.78 is 1.64. The molecule has 5 nitrogen and oxygen atoms in total. The zero-order chi connectivity index (χ0) is 11.7. The van der Waals surface area contributed by atoms with Gasteiger partial charge in [-0.15, -0.1) is 0 Å². The highest BCUT2D eigenvalue weighted by molar-refractivity contribution is 9.10. The topological polar surface area (TPSA) is 65.1 Å². The SMILES string of the molecule is CCc1c(Br)c(N2CCCC2)nc(=N)n1O. The first-order valence-corrected chi connectivity index (χ1v) is 6.24. The van der Waals surface area contributed by atoms with Gasteiger partial charge >= 0.3 is 0 Å². The van der Waals surface area contributed by atoms with Gasteiger partial charge in [-0.2, -0.15) is 9.71 Å². The molecular formula is C10H15BrN4O. The van der Waals surface area contributed by atoms with Crippen LogP contribution in [-0.4, -0.2) is 28.0 Å². The van der Waals surface area contributed by atoms with Gasteiger partial charge in [-0.05, 0) is 35.2 Å². The minimum atomic E-state index is -0.109. The molecule has 0 spiro atoms. The van der Waals surface area contributed by atoms with Crippen LogP contribution in [0.15, 0.2) is 4.47 Å². The molecule has 1 aromatic rings. The highest BCUT2D eigenvalue weighted by Crippen LogP contribution is 2.28. The normalized spacial score (nSPS) is 15.8. The molecule has 0 aliphatic carbocycles. The van der Waals surface area contributed by atoms with Gasteiger partial charge in [0.1, 0.15) is 5.82 Å². The van der Waals surface area contributed by atoms with E-state index in [0.717, 1.165) is 41.0 Å². The number of aromatic nitrogens is 2. The van der Waals surface area contributed by atoms with Crippen LogP contribution in [0.4, 0.5) is 5.82 Å². The molecule has 1 saturated heterocycles. The maximum Gasteiger partial charge on any atom is 0.257 e. The molecule has 6 heteroatoms. The fourth-order valence-electron chi connectivity index (χ4n) is 1.99. The minimum Gasteiger partial charge on any atom is -0.425 e. The largest absolute Gasteiger partial charge is 0.425 e. The Bertz CT molecular complexity index is 451. The van der Waals surface area contributed by atoms with Gasteiger partial charge in [-0.3, -0.25) is 5.41 Å². The lowest BCUT2D eigenvalue weighted by atomic mass is 10.3. The van der Waals surface area contributed by atoms with Crippen molar-refractivity contribution < 1.29 is 5.21 Å². The van der Waals surface area contributed by atoms with Crippen LogP contribution in [0.25, 0.3) is 0 Å². The first-order valence-electron chi connectivity index (χ1n) is 5.45. The van der Waals surface area contributed by atoms with E-state index in [9.17, 15) is 5.21 Å². The second-order valence-corrected chi connectivity index (χ2v) is 4.67. The summed E-state index contributed by atoms with van der Waals surface area (Å²) in [7, 11) is 0. The van der Waals surface area contributed by atoms with Crippen LogP contribution in [0.2, 0.25) is 0 Å². The number of nitrogens with zero attached hydrogens (tertiary/aromatic N) is 3. The van der Waals surface area contributed by atoms with Crippen molar-refractivity contribution in [1.82, 2.24) is 9.71 Å². The van der Waals surface area contributed by atoms with Gasteiger partial charge in [-0.1, -0.05) is 6.92 Å². The number of hydrogen-bond donors (Lipinski definition) is 2. The molecule has 1 fully saturated rings. The summed E-state index contributed by atoms with van der Waals surface area (Å²) in [6.07, 6.45) is 2.99. The van der Waals surface area contributed by atoms with Crippen LogP contribution in [0.1, 0.15) is 25.5 Å². The van der Waals surface area contributed by atoms with E-state index in [-0.39, 0.29) is 5.62 Å². The fraction of sp³-hybridized carbons (Fsp3) is 0.600. The molecule has 2 heterocycles. The van der Waals surface area contributed by atoms with Gasteiger partial charge in [0.2, 0.25) is 0 Å². The summed E-state index contributed by atoms with van der Waals surface area (Å²) >= 11 is 3.47. The van der Waals surface area contributed by atoms with E-state index < -0.39 is 0 Å². The average molecular weight is 287 g/mol. The third-order valence-corrected chi connectivity index (χ3v) is 3.67. The highest BCUT2D eigenvalue weighted by atomic mass is 79.9. The van der Waals surface area contributed by atoms with Gasteiger partial charge in [0.05, 0.1) is 10.2 Å². The van der Waals surface area contributed by atoms with Gasteiger partial charge in [0.25, 0.3) is 5.62 Å². The first-order chi connectivity index (χ1) is 7.65. The smallest absolute Gasteiger partial charge is 0.257 e. The summed E-state index contributed by atoms with van der Waals surface area (Å²) in [6, 6.07) is 0. The number of anilines is 1. The lowest BCUT2D eigenvalue weighted by Crippen LogP contribution is -2.30. The predicted molar refractivity (Wildman–Crippen MR) is 63.8 cm³/mol. The van der Waals surface area contributed by atoms with Gasteiger partial charge in [0.15, 0.2) is 0 Å². The zero-order valence-corrected chi connectivity index (χ0v) is 10.8. The van der Waals surface area contributed by atoms with Crippen LogP contribution >= 0.6 is 15.9 Å². The van der Waals surface area contributed by atoms with Crippen molar-refractivity contribution >= 4 is 21.7 Å². The van der Waals surface area contributed by atoms with Crippen molar-refractivity contribution in [3.63, 3.8) is 0 Å². The molecule has 0 unspecified atom stereocenters. The molecular weight excluding hydrogens is 272 g/mol. The van der Waals surface area contributed by atoms with Crippen LogP contribution < -0.4 is 10.5 Å². The van der Waals surface area contributed by atoms with Crippen molar-refractivity contribution in [2.24, 2.45) is 0 Å². The Morgan fingerprint density at radius 1 is 1.44 bits per heavy atom. The maximum atomic E-state index is 9.66. The molecule has 0 aromatic carbocycles. The lowest BCUT2D eigenvalue weighted by molar-refractivity contribution is 0.155. The molecule has 1 aromatic heterocycles. The third-order valence-electron chi connectivity index (χ3n) is 2.86. The van der Waals surface area contributed by atoms with E-state index in [4.69, 9.17) is 5.41 Å². The van der Waals surface area contributed by atoms with Crippen molar-refractivity contribution in [1.29, 1.82) is 5.41 Å². The molecule has 1 aliphatic rings. The van der Waals surface area contributed by atoms with Gasteiger partial charge in [-0.25, -0.2) is 0 Å². The summed E-state index contributed by atoms with van der Waals surface area (Å²) in [4.78, 5) is 6.28. The number of hydrogen-bond acceptors (Lipinski definition) is 4. The fourth-order valence-corrected chi connectivity index (χ4v) is 2.78. The number of rotatable bonds is 2. The molecule has 1 aliphatic heterocycles. The molecule has 16 heavy (non-hydrogen) atoms. The quantitative estimate of drug-likeness (QED) is 0.811. The highest BCUT2D eigenvalue weighted by Gasteiger charge is 2.20. The molecule has 0 bridgehead atoms. The summed E-state index contributed by atoms with van der Waals surface area (Å²) in [5, 5.41) is 17.3. The van der Waals surface area contributed by atoms with Crippen LogP contribution in [0.3, 0.4) is 0 Å². The van der Waals surface area contributed by atoms with Crippen molar-refractivity contribution in [2.45, 2.75) is 26.2 Å². The minimum absolute atomic E-state index is 0.109. The number of halogens is 1. The molecule has 88 valence electrons. The van der Waals surface area contributed by atoms with E-state index in [1.54, 1.807) is 0 Å². The number of nitrogens with one attached hydrogen (secondary N) is 1. The van der Waals surface area contributed by atoms with E-state index >= 15 is 0 Å². The standard InChI is InChI=1S/C10H15BrN4O/c1-2-7-8(11)9(13-10(12)15(7)16)14-5-3-4-6-14/h12,16H,2-6H2,1H3. The van der Waals surface area contributed by atoms with Crippen LogP contribution in [0.5, 0.6) is 0 Å². The Labute approximate surface area is 102 Å². The van der Waals surface area contributed by atoms with Crippen LogP contribution in [-0.2, 0) is 6.42 Å². The van der Waals surface area contributed by atoms with Crippen LogP contribution in [0, 0.1) is 5.41 Å². The Balaban J connectivity index is 2.53. The summed E-state index contributed by atoms with van der Waals surface area (Å²) in [5.41, 5.74) is 0.587. The predicted octanol–water partition coefficient (Wildman–Crippen LogP) is 1.52. The van der Waals surface area contributed by atoms with Gasteiger partial charge < -0.3 is 10.1 Å². The van der Waals surface area contributed by atoms with Crippen molar-refractivity contribution in [3.8, 4) is 0 Å². The van der Waals surface area contributed by atoms with E-state index in [1.807, 2.05) is 6.92 Å². The monoisotopic (exact) mass is 286 g/mol. The molecule has 0 amide bonds. The summed E-state index contributed by atoms with van der Waals surface area (Å²) in [6.45, 7) is 3.90. The van der Waals surface area contributed by atoms with Gasteiger partial charge in [0, 0.05) is 13.1 Å². The summed E-state index contributed by atoms with van der Waals surface area (Å²) in [5.74, 6) is 0.782. The second kappa shape index (κ2) is 4.45. The Morgan fingerprint density at radius 3 is 2.62 bits per heavy atom. The average Bonchev–Trinajstić information content (AvgIpc) is 2.77. The Kier molecular flexibility index (Phi) is 3.18. The van der Waals surface area contributed by atoms with E-state index in [1.165, 1.54) is 0 Å². The van der Waals surface area contributed by atoms with E-state index in [0.29, 0.717) is 12.1 Å². The van der Waals surface area contributed by atoms with E-state index in [2.05, 4.69) is 25.8 Å². The second-order valence-electron chi connectivity index (χ2n) is 3.88. The maximum absolute atomic E-state index is 9.66. The Hall–Kier alpha value is -1.04. The molecule has 2 rings (SSSR count).